The van der Waals surface area contributed by atoms with Gasteiger partial charge in [0.05, 0.1) is 22.8 Å². The molecule has 172 valence electrons. The molecule has 2 aliphatic rings. The SMILES string of the molecule is CCc1c2nc(c(CC)c3ccc([nH]3)c(CC)c3nc(c(CC)c4ccc1[nH]4)C=C3)C=C2.[Pt]. The van der Waals surface area contributed by atoms with Crippen molar-refractivity contribution in [1.29, 1.82) is 0 Å². The number of hydrogen-bond acceptors (Lipinski definition) is 2. The number of nitrogens with zero attached hydrogens (tertiary/aromatic N) is 2. The fraction of sp³-hybridized carbons (Fsp3) is 0.286. The van der Waals surface area contributed by atoms with E-state index in [1.807, 2.05) is 0 Å². The Hall–Kier alpha value is -2.71. The molecule has 0 saturated heterocycles. The maximum Gasteiger partial charge on any atom is 0.0690 e. The van der Waals surface area contributed by atoms with E-state index in [1.54, 1.807) is 0 Å². The molecule has 0 aliphatic carbocycles. The van der Waals surface area contributed by atoms with Gasteiger partial charge in [0.15, 0.2) is 0 Å². The molecule has 0 amide bonds. The van der Waals surface area contributed by atoms with E-state index in [0.29, 0.717) is 0 Å². The quantitative estimate of drug-likeness (QED) is 0.231. The minimum atomic E-state index is 0. The van der Waals surface area contributed by atoms with Crippen LogP contribution in [0.15, 0.2) is 24.3 Å². The summed E-state index contributed by atoms with van der Waals surface area (Å²) in [5.74, 6) is 0. The molecule has 33 heavy (non-hydrogen) atoms. The molecule has 2 aliphatic heterocycles. The van der Waals surface area contributed by atoms with Gasteiger partial charge in [-0.25, -0.2) is 9.97 Å². The molecule has 0 spiro atoms. The Labute approximate surface area is 209 Å². The summed E-state index contributed by atoms with van der Waals surface area (Å²) in [7, 11) is 0. The van der Waals surface area contributed by atoms with Crippen molar-refractivity contribution in [2.75, 3.05) is 0 Å². The number of fused-ring (bicyclic) bond motifs is 8. The van der Waals surface area contributed by atoms with E-state index >= 15 is 0 Å². The Kier molecular flexibility index (Phi) is 6.85. The fourth-order valence-electron chi connectivity index (χ4n) is 4.93. The van der Waals surface area contributed by atoms with Gasteiger partial charge in [0, 0.05) is 65.4 Å². The first kappa shape index (κ1) is 23.4. The molecule has 8 bridgehead atoms. The largest absolute Gasteiger partial charge is 0.355 e. The van der Waals surface area contributed by atoms with Crippen LogP contribution in [-0.4, -0.2) is 19.9 Å². The predicted octanol–water partition coefficient (Wildman–Crippen LogP) is 6.90. The van der Waals surface area contributed by atoms with Crippen LogP contribution in [0.1, 0.15) is 72.7 Å². The Balaban J connectivity index is 0.00000259. The molecule has 0 radical (unpaired) electrons. The van der Waals surface area contributed by atoms with Crippen LogP contribution in [-0.2, 0) is 46.7 Å². The smallest absolute Gasteiger partial charge is 0.0690 e. The maximum atomic E-state index is 5.06. The van der Waals surface area contributed by atoms with Gasteiger partial charge in [-0.05, 0) is 74.3 Å². The molecule has 0 atom stereocenters. The topological polar surface area (TPSA) is 57.4 Å². The summed E-state index contributed by atoms with van der Waals surface area (Å²) in [5.41, 5.74) is 13.7. The molecular weight excluding hydrogens is 587 g/mol. The van der Waals surface area contributed by atoms with Crippen LogP contribution in [0.25, 0.3) is 46.4 Å². The second-order valence-electron chi connectivity index (χ2n) is 8.33. The molecule has 0 aromatic carbocycles. The molecule has 0 fully saturated rings. The summed E-state index contributed by atoms with van der Waals surface area (Å²) < 4.78 is 0. The third-order valence-corrected chi connectivity index (χ3v) is 6.60. The minimum absolute atomic E-state index is 0. The number of aryl methyl sites for hydroxylation is 4. The average Bonchev–Trinajstić information content (AvgIpc) is 3.59. The van der Waals surface area contributed by atoms with Gasteiger partial charge in [-0.2, -0.15) is 0 Å². The Bertz CT molecular complexity index is 1210. The molecule has 0 unspecified atom stereocenters. The van der Waals surface area contributed by atoms with E-state index in [2.05, 4.69) is 86.2 Å². The van der Waals surface area contributed by atoms with Crippen LogP contribution in [0.2, 0.25) is 0 Å². The van der Waals surface area contributed by atoms with Crippen LogP contribution in [0.3, 0.4) is 0 Å². The summed E-state index contributed by atoms with van der Waals surface area (Å²) in [5, 5.41) is 0. The molecule has 5 rings (SSSR count). The van der Waals surface area contributed by atoms with E-state index in [9.17, 15) is 0 Å². The number of hydrogen-bond donors (Lipinski definition) is 2. The van der Waals surface area contributed by atoms with Crippen molar-refractivity contribution in [3.05, 3.63) is 69.3 Å². The second kappa shape index (κ2) is 9.65. The third-order valence-electron chi connectivity index (χ3n) is 6.60. The molecule has 4 nitrogen and oxygen atoms in total. The van der Waals surface area contributed by atoms with E-state index in [0.717, 1.165) is 70.5 Å². The first-order chi connectivity index (χ1) is 15.7. The van der Waals surface area contributed by atoms with Crippen molar-refractivity contribution < 1.29 is 21.1 Å². The number of H-pyrrole nitrogens is 2. The van der Waals surface area contributed by atoms with Crippen LogP contribution in [0.5, 0.6) is 0 Å². The van der Waals surface area contributed by atoms with Crippen LogP contribution < -0.4 is 0 Å². The minimum Gasteiger partial charge on any atom is -0.355 e. The third kappa shape index (κ3) is 4.06. The first-order valence-electron chi connectivity index (χ1n) is 11.8. The van der Waals surface area contributed by atoms with Crippen molar-refractivity contribution in [1.82, 2.24) is 19.9 Å². The van der Waals surface area contributed by atoms with Gasteiger partial charge in [0.2, 0.25) is 0 Å². The molecule has 2 N–H and O–H groups in total. The van der Waals surface area contributed by atoms with Gasteiger partial charge in [-0.3, -0.25) is 0 Å². The van der Waals surface area contributed by atoms with Gasteiger partial charge in [-0.1, -0.05) is 27.7 Å². The normalized spacial score (nSPS) is 12.2. The van der Waals surface area contributed by atoms with E-state index in [4.69, 9.17) is 9.97 Å². The summed E-state index contributed by atoms with van der Waals surface area (Å²) >= 11 is 0. The fourth-order valence-corrected chi connectivity index (χ4v) is 4.93. The van der Waals surface area contributed by atoms with E-state index < -0.39 is 0 Å². The molecular formula is C28H30N4Pt. The summed E-state index contributed by atoms with van der Waals surface area (Å²) in [4.78, 5) is 17.5. The monoisotopic (exact) mass is 617 g/mol. The molecule has 3 aromatic heterocycles. The zero-order chi connectivity index (χ0) is 22.2. The first-order valence-corrected chi connectivity index (χ1v) is 11.8. The van der Waals surface area contributed by atoms with Crippen LogP contribution >= 0.6 is 0 Å². The summed E-state index contributed by atoms with van der Waals surface area (Å²) in [6, 6.07) is 8.74. The van der Waals surface area contributed by atoms with Gasteiger partial charge in [0.1, 0.15) is 0 Å². The number of aromatic nitrogens is 4. The summed E-state index contributed by atoms with van der Waals surface area (Å²) in [6.07, 6.45) is 12.3. The van der Waals surface area contributed by atoms with E-state index in [1.165, 1.54) is 22.3 Å². The van der Waals surface area contributed by atoms with Crippen molar-refractivity contribution in [2.24, 2.45) is 0 Å². The van der Waals surface area contributed by atoms with Gasteiger partial charge in [-0.15, -0.1) is 0 Å². The molecule has 5 heterocycles. The number of rotatable bonds is 4. The Morgan fingerprint density at radius 3 is 0.939 bits per heavy atom. The standard InChI is InChI=1S/C28H30N4.Pt/c1-5-17-21-9-11-23(29-21)18(6-2)25-13-15-27(31-25)20(8-4)28-16-14-26(32-28)19(7-3)24-12-10-22(17)30-24;/h9-16,29,32H,5-8H2,1-4H3;. The molecule has 5 heteroatoms. The molecule has 0 saturated carbocycles. The van der Waals surface area contributed by atoms with E-state index in [-0.39, 0.29) is 21.1 Å². The summed E-state index contributed by atoms with van der Waals surface area (Å²) in [6.45, 7) is 8.78. The zero-order valence-electron chi connectivity index (χ0n) is 19.7. The Morgan fingerprint density at radius 1 is 0.485 bits per heavy atom. The van der Waals surface area contributed by atoms with Crippen molar-refractivity contribution >= 4 is 46.4 Å². The predicted molar refractivity (Wildman–Crippen MR) is 136 cm³/mol. The van der Waals surface area contributed by atoms with Crippen molar-refractivity contribution in [2.45, 2.75) is 53.4 Å². The zero-order valence-corrected chi connectivity index (χ0v) is 21.9. The van der Waals surface area contributed by atoms with Crippen molar-refractivity contribution in [3.63, 3.8) is 0 Å². The maximum absolute atomic E-state index is 5.06. The van der Waals surface area contributed by atoms with Gasteiger partial charge in [0.25, 0.3) is 0 Å². The van der Waals surface area contributed by atoms with Crippen LogP contribution in [0.4, 0.5) is 0 Å². The second-order valence-corrected chi connectivity index (χ2v) is 8.33. The van der Waals surface area contributed by atoms with Gasteiger partial charge < -0.3 is 9.97 Å². The number of aromatic amines is 2. The average molecular weight is 618 g/mol. The Morgan fingerprint density at radius 2 is 0.727 bits per heavy atom. The van der Waals surface area contributed by atoms with Gasteiger partial charge >= 0.3 is 0 Å². The van der Waals surface area contributed by atoms with Crippen LogP contribution in [0, 0.1) is 0 Å². The number of nitrogens with one attached hydrogen (secondary N) is 2. The molecule has 3 aromatic rings. The van der Waals surface area contributed by atoms with Crippen molar-refractivity contribution in [3.8, 4) is 0 Å².